The number of aryl methyl sites for hydroxylation is 2. The molecule has 1 fully saturated rings. The molecule has 102 valence electrons. The lowest BCUT2D eigenvalue weighted by atomic mass is 9.89. The first kappa shape index (κ1) is 13.2. The van der Waals surface area contributed by atoms with Crippen LogP contribution in [0.15, 0.2) is 0 Å². The molecule has 2 heterocycles. The van der Waals surface area contributed by atoms with Gasteiger partial charge in [0.05, 0.1) is 11.4 Å². The predicted molar refractivity (Wildman–Crippen MR) is 76.7 cm³/mol. The van der Waals surface area contributed by atoms with Crippen molar-refractivity contribution in [3.8, 4) is 0 Å². The third-order valence-corrected chi connectivity index (χ3v) is 4.25. The monoisotopic (exact) mass is 250 g/mol. The van der Waals surface area contributed by atoms with Crippen molar-refractivity contribution >= 4 is 11.5 Å². The highest BCUT2D eigenvalue weighted by molar-refractivity contribution is 5.66. The molecule has 1 saturated heterocycles. The number of hydrogen-bond donors (Lipinski definition) is 1. The molecule has 1 aromatic heterocycles. The molecule has 0 bridgehead atoms. The molecule has 1 unspecified atom stereocenters. The van der Waals surface area contributed by atoms with Crippen LogP contribution in [0.1, 0.15) is 38.8 Å². The fourth-order valence-electron chi connectivity index (χ4n) is 3.04. The predicted octanol–water partition coefficient (Wildman–Crippen LogP) is 2.57. The van der Waals surface area contributed by atoms with Crippen molar-refractivity contribution in [2.24, 2.45) is 18.9 Å². The highest BCUT2D eigenvalue weighted by atomic mass is 15.4. The van der Waals surface area contributed by atoms with E-state index >= 15 is 0 Å². The molecule has 0 aromatic carbocycles. The molecule has 18 heavy (non-hydrogen) atoms. The van der Waals surface area contributed by atoms with Gasteiger partial charge < -0.3 is 10.6 Å². The molecule has 2 N–H and O–H groups in total. The summed E-state index contributed by atoms with van der Waals surface area (Å²) in [5.74, 6) is 2.75. The van der Waals surface area contributed by atoms with Crippen LogP contribution in [-0.2, 0) is 7.05 Å². The van der Waals surface area contributed by atoms with Crippen molar-refractivity contribution in [3.63, 3.8) is 0 Å². The van der Waals surface area contributed by atoms with Gasteiger partial charge in [0, 0.05) is 20.1 Å². The summed E-state index contributed by atoms with van der Waals surface area (Å²) < 4.78 is 1.93. The number of rotatable bonds is 2. The van der Waals surface area contributed by atoms with Crippen LogP contribution in [0.4, 0.5) is 11.5 Å². The SMILES string of the molecule is Cc1nn(C)c(N2CCCC(C(C)C)CC2)c1N. The second-order valence-corrected chi connectivity index (χ2v) is 5.87. The maximum absolute atomic E-state index is 6.15. The third kappa shape index (κ3) is 2.47. The molecule has 1 aliphatic heterocycles. The number of nitrogens with two attached hydrogens (primary N) is 1. The summed E-state index contributed by atoms with van der Waals surface area (Å²) >= 11 is 0. The van der Waals surface area contributed by atoms with Crippen LogP contribution in [0.2, 0.25) is 0 Å². The lowest BCUT2D eigenvalue weighted by Crippen LogP contribution is -2.27. The summed E-state index contributed by atoms with van der Waals surface area (Å²) in [7, 11) is 1.99. The van der Waals surface area contributed by atoms with Gasteiger partial charge in [0.15, 0.2) is 0 Å². The van der Waals surface area contributed by atoms with Crippen LogP contribution < -0.4 is 10.6 Å². The molecule has 1 aromatic rings. The maximum Gasteiger partial charge on any atom is 0.150 e. The van der Waals surface area contributed by atoms with E-state index < -0.39 is 0 Å². The molecule has 1 atom stereocenters. The van der Waals surface area contributed by atoms with Gasteiger partial charge in [0.25, 0.3) is 0 Å². The first-order chi connectivity index (χ1) is 8.50. The van der Waals surface area contributed by atoms with E-state index in [9.17, 15) is 0 Å². The Morgan fingerprint density at radius 2 is 2.00 bits per heavy atom. The van der Waals surface area contributed by atoms with Gasteiger partial charge in [-0.25, -0.2) is 0 Å². The van der Waals surface area contributed by atoms with Crippen molar-refractivity contribution < 1.29 is 0 Å². The summed E-state index contributed by atoms with van der Waals surface area (Å²) in [5, 5.41) is 4.42. The average Bonchev–Trinajstić information content (AvgIpc) is 2.52. The van der Waals surface area contributed by atoms with Crippen LogP contribution in [0.3, 0.4) is 0 Å². The molecular weight excluding hydrogens is 224 g/mol. The Hall–Kier alpha value is -1.19. The van der Waals surface area contributed by atoms with Gasteiger partial charge in [-0.1, -0.05) is 13.8 Å². The minimum Gasteiger partial charge on any atom is -0.394 e. The van der Waals surface area contributed by atoms with Gasteiger partial charge in [0.1, 0.15) is 5.82 Å². The maximum atomic E-state index is 6.15. The van der Waals surface area contributed by atoms with Crippen LogP contribution in [0.5, 0.6) is 0 Å². The van der Waals surface area contributed by atoms with E-state index in [-0.39, 0.29) is 0 Å². The zero-order chi connectivity index (χ0) is 13.3. The summed E-state index contributed by atoms with van der Waals surface area (Å²) in [6, 6.07) is 0. The molecule has 2 rings (SSSR count). The number of nitrogen functional groups attached to an aromatic ring is 1. The van der Waals surface area contributed by atoms with Crippen molar-refractivity contribution in [2.75, 3.05) is 23.7 Å². The van der Waals surface area contributed by atoms with E-state index in [2.05, 4.69) is 23.8 Å². The van der Waals surface area contributed by atoms with Gasteiger partial charge in [-0.05, 0) is 38.0 Å². The molecule has 1 aliphatic rings. The summed E-state index contributed by atoms with van der Waals surface area (Å²) in [6.07, 6.45) is 3.86. The summed E-state index contributed by atoms with van der Waals surface area (Å²) in [6.45, 7) is 8.86. The topological polar surface area (TPSA) is 47.1 Å². The van der Waals surface area contributed by atoms with Crippen molar-refractivity contribution in [1.29, 1.82) is 0 Å². The Labute approximate surface area is 110 Å². The minimum atomic E-state index is 0.788. The lowest BCUT2D eigenvalue weighted by molar-refractivity contribution is 0.351. The third-order valence-electron chi connectivity index (χ3n) is 4.25. The summed E-state index contributed by atoms with van der Waals surface area (Å²) in [5.41, 5.74) is 7.94. The van der Waals surface area contributed by atoms with Crippen LogP contribution in [-0.4, -0.2) is 22.9 Å². The molecule has 0 saturated carbocycles. The zero-order valence-electron chi connectivity index (χ0n) is 12.1. The highest BCUT2D eigenvalue weighted by Crippen LogP contribution is 2.31. The highest BCUT2D eigenvalue weighted by Gasteiger charge is 2.23. The van der Waals surface area contributed by atoms with E-state index in [0.717, 1.165) is 42.1 Å². The molecule has 4 nitrogen and oxygen atoms in total. The van der Waals surface area contributed by atoms with Gasteiger partial charge in [-0.2, -0.15) is 5.10 Å². The van der Waals surface area contributed by atoms with Crippen molar-refractivity contribution in [2.45, 2.75) is 40.0 Å². The first-order valence-corrected chi connectivity index (χ1v) is 7.04. The van der Waals surface area contributed by atoms with E-state index in [1.54, 1.807) is 0 Å². The van der Waals surface area contributed by atoms with Crippen LogP contribution in [0, 0.1) is 18.8 Å². The Morgan fingerprint density at radius 3 is 2.56 bits per heavy atom. The fourth-order valence-corrected chi connectivity index (χ4v) is 3.04. The van der Waals surface area contributed by atoms with Gasteiger partial charge in [0.2, 0.25) is 0 Å². The van der Waals surface area contributed by atoms with Crippen molar-refractivity contribution in [3.05, 3.63) is 5.69 Å². The Morgan fingerprint density at radius 1 is 1.28 bits per heavy atom. The largest absolute Gasteiger partial charge is 0.394 e. The molecule has 4 heteroatoms. The van der Waals surface area contributed by atoms with E-state index in [0.29, 0.717) is 0 Å². The second kappa shape index (κ2) is 5.21. The van der Waals surface area contributed by atoms with Crippen molar-refractivity contribution in [1.82, 2.24) is 9.78 Å². The normalized spacial score (nSPS) is 21.4. The Bertz CT molecular complexity index is 408. The van der Waals surface area contributed by atoms with Gasteiger partial charge in [-0.15, -0.1) is 0 Å². The lowest BCUT2D eigenvalue weighted by Gasteiger charge is -2.24. The number of hydrogen-bond acceptors (Lipinski definition) is 3. The van der Waals surface area contributed by atoms with E-state index in [1.807, 2.05) is 18.7 Å². The van der Waals surface area contributed by atoms with E-state index in [4.69, 9.17) is 5.73 Å². The number of aromatic nitrogens is 2. The Balaban J connectivity index is 2.15. The Kier molecular flexibility index (Phi) is 3.83. The molecule has 0 radical (unpaired) electrons. The molecule has 0 amide bonds. The second-order valence-electron chi connectivity index (χ2n) is 5.87. The van der Waals surface area contributed by atoms with Gasteiger partial charge in [-0.3, -0.25) is 4.68 Å². The molecular formula is C14H26N4. The van der Waals surface area contributed by atoms with E-state index in [1.165, 1.54) is 19.3 Å². The standard InChI is InChI=1S/C14H26N4/c1-10(2)12-6-5-8-18(9-7-12)14-13(15)11(3)16-17(14)4/h10,12H,5-9,15H2,1-4H3. The average molecular weight is 250 g/mol. The zero-order valence-corrected chi connectivity index (χ0v) is 12.1. The van der Waals surface area contributed by atoms with Crippen LogP contribution >= 0.6 is 0 Å². The number of anilines is 2. The first-order valence-electron chi connectivity index (χ1n) is 7.04. The minimum absolute atomic E-state index is 0.788. The smallest absolute Gasteiger partial charge is 0.150 e. The number of nitrogens with zero attached hydrogens (tertiary/aromatic N) is 3. The molecule has 0 spiro atoms. The van der Waals surface area contributed by atoms with Crippen LogP contribution in [0.25, 0.3) is 0 Å². The summed E-state index contributed by atoms with van der Waals surface area (Å²) in [4.78, 5) is 2.41. The fraction of sp³-hybridized carbons (Fsp3) is 0.786. The molecule has 0 aliphatic carbocycles. The van der Waals surface area contributed by atoms with Gasteiger partial charge >= 0.3 is 0 Å². The quantitative estimate of drug-likeness (QED) is 0.877.